The van der Waals surface area contributed by atoms with Crippen LogP contribution in [0.4, 0.5) is 10.1 Å². The lowest BCUT2D eigenvalue weighted by molar-refractivity contribution is -0.117. The molecule has 1 aromatic rings. The minimum Gasteiger partial charge on any atom is -0.309 e. The third-order valence-corrected chi connectivity index (χ3v) is 3.00. The Labute approximate surface area is 108 Å². The average Bonchev–Trinajstić information content (AvgIpc) is 2.78. The van der Waals surface area contributed by atoms with E-state index in [0.29, 0.717) is 6.54 Å². The van der Waals surface area contributed by atoms with Crippen molar-refractivity contribution in [2.45, 2.75) is 6.42 Å². The lowest BCUT2D eigenvalue weighted by Gasteiger charge is -2.17. The summed E-state index contributed by atoms with van der Waals surface area (Å²) in [5.74, 6) is -1.04. The molecule has 2 rings (SSSR count). The summed E-state index contributed by atoms with van der Waals surface area (Å²) in [7, 11) is 0. The number of amides is 1. The van der Waals surface area contributed by atoms with E-state index in [1.165, 1.54) is 23.1 Å². The fourth-order valence-corrected chi connectivity index (χ4v) is 2.10. The number of rotatable bonds is 3. The van der Waals surface area contributed by atoms with Gasteiger partial charge in [0.2, 0.25) is 5.91 Å². The van der Waals surface area contributed by atoms with E-state index in [2.05, 4.69) is 10.0 Å². The van der Waals surface area contributed by atoms with Gasteiger partial charge in [0, 0.05) is 24.4 Å². The van der Waals surface area contributed by atoms with Crippen molar-refractivity contribution in [3.05, 3.63) is 40.0 Å². The molecule has 0 N–H and O–H groups in total. The van der Waals surface area contributed by atoms with Crippen LogP contribution in [0.2, 0.25) is 0 Å². The number of azide groups is 1. The van der Waals surface area contributed by atoms with Crippen LogP contribution in [0.3, 0.4) is 0 Å². The number of carbonyl (C=O) groups is 1. The third-order valence-electron chi connectivity index (χ3n) is 3.00. The van der Waals surface area contributed by atoms with Crippen molar-refractivity contribution < 1.29 is 9.18 Å². The fourth-order valence-electron chi connectivity index (χ4n) is 2.10. The van der Waals surface area contributed by atoms with Gasteiger partial charge in [0.15, 0.2) is 5.82 Å². The van der Waals surface area contributed by atoms with Crippen molar-refractivity contribution in [2.24, 2.45) is 11.0 Å². The van der Waals surface area contributed by atoms with Crippen LogP contribution in [-0.2, 0) is 4.79 Å². The Bertz CT molecular complexity index is 603. The van der Waals surface area contributed by atoms with Crippen LogP contribution in [0.5, 0.6) is 0 Å². The van der Waals surface area contributed by atoms with E-state index in [0.717, 1.165) is 0 Å². The molecule has 1 atom stereocenters. The highest BCUT2D eigenvalue weighted by Crippen LogP contribution is 2.28. The maximum absolute atomic E-state index is 14.0. The molecule has 19 heavy (non-hydrogen) atoms. The molecular formula is C12H10FN5O. The summed E-state index contributed by atoms with van der Waals surface area (Å²) >= 11 is 0. The summed E-state index contributed by atoms with van der Waals surface area (Å²) < 4.78 is 14.0. The summed E-state index contributed by atoms with van der Waals surface area (Å²) in [5, 5.41) is 12.2. The predicted octanol–water partition coefficient (Wildman–Crippen LogP) is 2.36. The van der Waals surface area contributed by atoms with Crippen LogP contribution in [0, 0.1) is 23.1 Å². The zero-order valence-corrected chi connectivity index (χ0v) is 9.95. The highest BCUT2D eigenvalue weighted by molar-refractivity contribution is 5.96. The topological polar surface area (TPSA) is 92.9 Å². The van der Waals surface area contributed by atoms with Crippen molar-refractivity contribution in [1.29, 1.82) is 5.26 Å². The maximum atomic E-state index is 14.0. The second-order valence-electron chi connectivity index (χ2n) is 4.24. The molecule has 7 heteroatoms. The van der Waals surface area contributed by atoms with Crippen molar-refractivity contribution in [3.63, 3.8) is 0 Å². The summed E-state index contributed by atoms with van der Waals surface area (Å²) in [4.78, 5) is 15.8. The van der Waals surface area contributed by atoms with E-state index < -0.39 is 5.82 Å². The summed E-state index contributed by atoms with van der Waals surface area (Å²) in [6.07, 6.45) is 0.218. The van der Waals surface area contributed by atoms with Crippen molar-refractivity contribution in [2.75, 3.05) is 18.0 Å². The van der Waals surface area contributed by atoms with Gasteiger partial charge in [-0.2, -0.15) is 5.26 Å². The minimum atomic E-state index is -0.692. The number of hydrogen-bond acceptors (Lipinski definition) is 3. The summed E-state index contributed by atoms with van der Waals surface area (Å²) in [6, 6.07) is 6.09. The Morgan fingerprint density at radius 1 is 1.63 bits per heavy atom. The van der Waals surface area contributed by atoms with Crippen LogP contribution in [0.1, 0.15) is 12.0 Å². The van der Waals surface area contributed by atoms with E-state index in [9.17, 15) is 9.18 Å². The largest absolute Gasteiger partial charge is 0.309 e. The fraction of sp³-hybridized carbons (Fsp3) is 0.333. The van der Waals surface area contributed by atoms with Gasteiger partial charge in [-0.1, -0.05) is 11.2 Å². The second kappa shape index (κ2) is 5.38. The third kappa shape index (κ3) is 2.49. The molecule has 0 aromatic heterocycles. The first-order valence-electron chi connectivity index (χ1n) is 5.67. The van der Waals surface area contributed by atoms with Gasteiger partial charge in [-0.05, 0) is 23.6 Å². The van der Waals surface area contributed by atoms with E-state index >= 15 is 0 Å². The smallest absolute Gasteiger partial charge is 0.227 e. The summed E-state index contributed by atoms with van der Waals surface area (Å²) in [5.41, 5.74) is 8.26. The molecule has 0 aliphatic carbocycles. The van der Waals surface area contributed by atoms with Crippen LogP contribution < -0.4 is 4.90 Å². The SMILES string of the molecule is N#Cc1cccc(N2CC(CN=[N+]=[N-])CC2=O)c1F. The molecule has 1 fully saturated rings. The molecule has 1 amide bonds. The van der Waals surface area contributed by atoms with Crippen molar-refractivity contribution in [3.8, 4) is 6.07 Å². The predicted molar refractivity (Wildman–Crippen MR) is 65.6 cm³/mol. The molecule has 0 spiro atoms. The lowest BCUT2D eigenvalue weighted by Crippen LogP contribution is -2.26. The van der Waals surface area contributed by atoms with Crippen LogP contribution in [0.25, 0.3) is 10.4 Å². The number of benzene rings is 1. The molecule has 0 bridgehead atoms. The van der Waals surface area contributed by atoms with E-state index in [1.807, 2.05) is 0 Å². The Kier molecular flexibility index (Phi) is 3.64. The van der Waals surface area contributed by atoms with Crippen molar-refractivity contribution >= 4 is 11.6 Å². The van der Waals surface area contributed by atoms with Crippen molar-refractivity contribution in [1.82, 2.24) is 0 Å². The number of anilines is 1. The maximum Gasteiger partial charge on any atom is 0.227 e. The molecule has 1 aromatic carbocycles. The van der Waals surface area contributed by atoms with Crippen LogP contribution in [-0.4, -0.2) is 19.0 Å². The molecule has 1 saturated heterocycles. The van der Waals surface area contributed by atoms with Gasteiger partial charge in [-0.3, -0.25) is 4.79 Å². The molecule has 6 nitrogen and oxygen atoms in total. The van der Waals surface area contributed by atoms with Gasteiger partial charge in [-0.15, -0.1) is 0 Å². The monoisotopic (exact) mass is 259 g/mol. The Morgan fingerprint density at radius 3 is 3.11 bits per heavy atom. The Balaban J connectivity index is 2.26. The standard InChI is InChI=1S/C12H10FN5O/c13-12-9(5-14)2-1-3-10(12)18-7-8(4-11(18)19)6-16-17-15/h1-3,8H,4,6-7H2. The second-order valence-corrected chi connectivity index (χ2v) is 4.24. The van der Waals surface area contributed by atoms with Gasteiger partial charge in [-0.25, -0.2) is 4.39 Å². The highest BCUT2D eigenvalue weighted by atomic mass is 19.1. The number of hydrogen-bond donors (Lipinski definition) is 0. The molecular weight excluding hydrogens is 249 g/mol. The first kappa shape index (κ1) is 12.9. The van der Waals surface area contributed by atoms with Gasteiger partial charge in [0.1, 0.15) is 6.07 Å². The number of carbonyl (C=O) groups excluding carboxylic acids is 1. The van der Waals surface area contributed by atoms with Crippen LogP contribution in [0.15, 0.2) is 23.3 Å². The molecule has 96 valence electrons. The highest BCUT2D eigenvalue weighted by Gasteiger charge is 2.31. The molecule has 0 radical (unpaired) electrons. The molecule has 1 aliphatic rings. The Hall–Kier alpha value is -2.58. The number of halogens is 1. The quantitative estimate of drug-likeness (QED) is 0.473. The van der Waals surface area contributed by atoms with Gasteiger partial charge in [0.25, 0.3) is 0 Å². The first-order valence-corrected chi connectivity index (χ1v) is 5.67. The zero-order valence-electron chi connectivity index (χ0n) is 9.95. The molecule has 1 heterocycles. The number of nitriles is 1. The van der Waals surface area contributed by atoms with Gasteiger partial charge in [0.05, 0.1) is 11.3 Å². The van der Waals surface area contributed by atoms with E-state index in [4.69, 9.17) is 10.8 Å². The molecule has 0 saturated carbocycles. The lowest BCUT2D eigenvalue weighted by atomic mass is 10.1. The number of nitrogens with zero attached hydrogens (tertiary/aromatic N) is 5. The van der Waals surface area contributed by atoms with E-state index in [-0.39, 0.29) is 36.0 Å². The van der Waals surface area contributed by atoms with Gasteiger partial charge >= 0.3 is 0 Å². The molecule has 1 aliphatic heterocycles. The summed E-state index contributed by atoms with van der Waals surface area (Å²) in [6.45, 7) is 0.502. The van der Waals surface area contributed by atoms with Gasteiger partial charge < -0.3 is 4.90 Å². The normalized spacial score (nSPS) is 18.0. The van der Waals surface area contributed by atoms with Crippen LogP contribution >= 0.6 is 0 Å². The average molecular weight is 259 g/mol. The van der Waals surface area contributed by atoms with E-state index in [1.54, 1.807) is 6.07 Å². The first-order chi connectivity index (χ1) is 9.17. The molecule has 1 unspecified atom stereocenters. The zero-order chi connectivity index (χ0) is 13.8. The minimum absolute atomic E-state index is 0.0937. The Morgan fingerprint density at radius 2 is 2.42 bits per heavy atom.